The fraction of sp³-hybridized carbons (Fsp3) is 0.222. The van der Waals surface area contributed by atoms with Crippen molar-refractivity contribution >= 4 is 35.0 Å². The summed E-state index contributed by atoms with van der Waals surface area (Å²) in [6.07, 6.45) is 0. The smallest absolute Gasteiger partial charge is 0.253 e. The van der Waals surface area contributed by atoms with Gasteiger partial charge < -0.3 is 15.0 Å². The Morgan fingerprint density at radius 2 is 1.88 bits per heavy atom. The van der Waals surface area contributed by atoms with Crippen molar-refractivity contribution in [1.82, 2.24) is 10.2 Å². The van der Waals surface area contributed by atoms with Crippen molar-refractivity contribution in [2.75, 3.05) is 26.7 Å². The molecule has 0 spiro atoms. The highest BCUT2D eigenvalue weighted by atomic mass is 35.5. The van der Waals surface area contributed by atoms with E-state index in [2.05, 4.69) is 5.32 Å². The minimum absolute atomic E-state index is 0.113. The maximum Gasteiger partial charge on any atom is 0.253 e. The van der Waals surface area contributed by atoms with Crippen LogP contribution in [0.3, 0.4) is 0 Å². The predicted octanol–water partition coefficient (Wildman–Crippen LogP) is 3.26. The summed E-state index contributed by atoms with van der Waals surface area (Å²) >= 11 is 11.8. The van der Waals surface area contributed by atoms with Crippen LogP contribution in [-0.4, -0.2) is 43.5 Å². The van der Waals surface area contributed by atoms with Gasteiger partial charge in [0.15, 0.2) is 0 Å². The van der Waals surface area contributed by atoms with E-state index in [1.165, 1.54) is 4.90 Å². The quantitative estimate of drug-likeness (QED) is 0.801. The molecular formula is C18H18Cl2N2O3. The highest BCUT2D eigenvalue weighted by Gasteiger charge is 2.13. The fourth-order valence-corrected chi connectivity index (χ4v) is 2.42. The van der Waals surface area contributed by atoms with Gasteiger partial charge in [0.2, 0.25) is 5.91 Å². The van der Waals surface area contributed by atoms with E-state index in [0.717, 1.165) is 0 Å². The van der Waals surface area contributed by atoms with E-state index < -0.39 is 0 Å². The Labute approximate surface area is 156 Å². The zero-order valence-corrected chi connectivity index (χ0v) is 15.2. The van der Waals surface area contributed by atoms with Crippen LogP contribution in [0.1, 0.15) is 10.4 Å². The molecule has 2 amide bonds. The molecule has 0 aliphatic rings. The lowest BCUT2D eigenvalue weighted by Gasteiger charge is -2.18. The fourth-order valence-electron chi connectivity index (χ4n) is 2.01. The lowest BCUT2D eigenvalue weighted by atomic mass is 10.2. The van der Waals surface area contributed by atoms with E-state index in [1.807, 2.05) is 0 Å². The molecule has 2 rings (SSSR count). The summed E-state index contributed by atoms with van der Waals surface area (Å²) in [4.78, 5) is 25.6. The molecule has 0 aromatic heterocycles. The number of amides is 2. The minimum atomic E-state index is -0.387. The lowest BCUT2D eigenvalue weighted by Crippen LogP contribution is -2.39. The average molecular weight is 381 g/mol. The molecule has 0 radical (unpaired) electrons. The number of hydrogen-bond donors (Lipinski definition) is 1. The van der Waals surface area contributed by atoms with Gasteiger partial charge >= 0.3 is 0 Å². The Kier molecular flexibility index (Phi) is 7.10. The lowest BCUT2D eigenvalue weighted by molar-refractivity contribution is -0.129. The number of carbonyl (C=O) groups excluding carboxylic acids is 2. The molecule has 0 heterocycles. The molecule has 25 heavy (non-hydrogen) atoms. The molecule has 0 aliphatic carbocycles. The van der Waals surface area contributed by atoms with Crippen molar-refractivity contribution in [2.24, 2.45) is 0 Å². The maximum atomic E-state index is 12.1. The molecule has 0 atom stereocenters. The second-order valence-corrected chi connectivity index (χ2v) is 6.13. The first kappa shape index (κ1) is 19.1. The summed E-state index contributed by atoms with van der Waals surface area (Å²) in [6, 6.07) is 13.7. The number of benzene rings is 2. The van der Waals surface area contributed by atoms with Gasteiger partial charge in [-0.1, -0.05) is 41.4 Å². The van der Waals surface area contributed by atoms with E-state index >= 15 is 0 Å². The molecule has 0 bridgehead atoms. The molecule has 2 aromatic rings. The van der Waals surface area contributed by atoms with Gasteiger partial charge in [-0.25, -0.2) is 0 Å². The summed E-state index contributed by atoms with van der Waals surface area (Å²) in [7, 11) is 1.64. The summed E-state index contributed by atoms with van der Waals surface area (Å²) in [6.45, 7) is 0.589. The highest BCUT2D eigenvalue weighted by Crippen LogP contribution is 2.17. The number of halogens is 2. The van der Waals surface area contributed by atoms with Gasteiger partial charge in [0.25, 0.3) is 5.91 Å². The van der Waals surface area contributed by atoms with Gasteiger partial charge in [0, 0.05) is 12.1 Å². The van der Waals surface area contributed by atoms with Gasteiger partial charge in [-0.05, 0) is 30.3 Å². The third kappa shape index (κ3) is 5.96. The molecular weight excluding hydrogens is 363 g/mol. The van der Waals surface area contributed by atoms with Crippen LogP contribution in [0.4, 0.5) is 0 Å². The van der Waals surface area contributed by atoms with Crippen LogP contribution in [0.15, 0.2) is 48.5 Å². The number of hydrogen-bond acceptors (Lipinski definition) is 3. The summed E-state index contributed by atoms with van der Waals surface area (Å²) in [5.74, 6) is 0.0259. The van der Waals surface area contributed by atoms with E-state index in [1.54, 1.807) is 55.6 Å². The number of carbonyl (C=O) groups is 2. The average Bonchev–Trinajstić information content (AvgIpc) is 2.59. The van der Waals surface area contributed by atoms with Crippen LogP contribution in [0.25, 0.3) is 0 Å². The van der Waals surface area contributed by atoms with Crippen LogP contribution in [0.5, 0.6) is 5.75 Å². The molecule has 0 fully saturated rings. The van der Waals surface area contributed by atoms with Crippen LogP contribution in [0, 0.1) is 0 Å². The molecule has 0 aliphatic heterocycles. The third-order valence-electron chi connectivity index (χ3n) is 3.44. The van der Waals surface area contributed by atoms with Gasteiger partial charge in [-0.3, -0.25) is 9.59 Å². The Balaban J connectivity index is 1.75. The van der Waals surface area contributed by atoms with Crippen molar-refractivity contribution in [2.45, 2.75) is 0 Å². The molecule has 2 aromatic carbocycles. The van der Waals surface area contributed by atoms with E-state index in [0.29, 0.717) is 34.5 Å². The number of rotatable bonds is 7. The van der Waals surface area contributed by atoms with Crippen LogP contribution >= 0.6 is 23.2 Å². The van der Waals surface area contributed by atoms with Crippen LogP contribution < -0.4 is 10.1 Å². The van der Waals surface area contributed by atoms with Gasteiger partial charge in [0.1, 0.15) is 12.4 Å². The number of nitrogens with one attached hydrogen (secondary N) is 1. The molecule has 132 valence electrons. The zero-order valence-electron chi connectivity index (χ0n) is 13.7. The van der Waals surface area contributed by atoms with Crippen molar-refractivity contribution in [3.63, 3.8) is 0 Å². The Hall–Kier alpha value is -2.24. The molecule has 7 heteroatoms. The van der Waals surface area contributed by atoms with E-state index in [4.69, 9.17) is 27.9 Å². The summed E-state index contributed by atoms with van der Waals surface area (Å²) in [5.41, 5.74) is 0.337. The largest absolute Gasteiger partial charge is 0.492 e. The first-order chi connectivity index (χ1) is 12.0. The zero-order chi connectivity index (χ0) is 18.2. The molecule has 0 unspecified atom stereocenters. The van der Waals surface area contributed by atoms with E-state index in [-0.39, 0.29) is 18.4 Å². The summed E-state index contributed by atoms with van der Waals surface area (Å²) in [5, 5.41) is 3.49. The standard InChI is InChI=1S/C18H18Cl2N2O3/c1-22(9-10-25-14-6-4-5-13(19)11-14)17(23)12-21-18(24)15-7-2-3-8-16(15)20/h2-8,11H,9-10,12H2,1H3,(H,21,24). The van der Waals surface area contributed by atoms with Crippen molar-refractivity contribution in [3.05, 3.63) is 64.1 Å². The number of nitrogens with zero attached hydrogens (tertiary/aromatic N) is 1. The normalized spacial score (nSPS) is 10.2. The maximum absolute atomic E-state index is 12.1. The predicted molar refractivity (Wildman–Crippen MR) is 98.4 cm³/mol. The Morgan fingerprint density at radius 3 is 2.60 bits per heavy atom. The molecule has 5 nitrogen and oxygen atoms in total. The first-order valence-corrected chi connectivity index (χ1v) is 8.38. The topological polar surface area (TPSA) is 58.6 Å². The molecule has 0 saturated carbocycles. The third-order valence-corrected chi connectivity index (χ3v) is 4.00. The van der Waals surface area contributed by atoms with Crippen molar-refractivity contribution in [3.8, 4) is 5.75 Å². The van der Waals surface area contributed by atoms with Gasteiger partial charge in [-0.15, -0.1) is 0 Å². The molecule has 1 N–H and O–H groups in total. The van der Waals surface area contributed by atoms with Crippen molar-refractivity contribution in [1.29, 1.82) is 0 Å². The van der Waals surface area contributed by atoms with Crippen LogP contribution in [-0.2, 0) is 4.79 Å². The van der Waals surface area contributed by atoms with Gasteiger partial charge in [0.05, 0.1) is 23.7 Å². The SMILES string of the molecule is CN(CCOc1cccc(Cl)c1)C(=O)CNC(=O)c1ccccc1Cl. The highest BCUT2D eigenvalue weighted by molar-refractivity contribution is 6.33. The number of ether oxygens (including phenoxy) is 1. The minimum Gasteiger partial charge on any atom is -0.492 e. The monoisotopic (exact) mass is 380 g/mol. The molecule has 0 saturated heterocycles. The second kappa shape index (κ2) is 9.30. The second-order valence-electron chi connectivity index (χ2n) is 5.28. The Morgan fingerprint density at radius 1 is 1.12 bits per heavy atom. The number of likely N-dealkylation sites (N-methyl/N-ethyl adjacent to an activating group) is 1. The van der Waals surface area contributed by atoms with Gasteiger partial charge in [-0.2, -0.15) is 0 Å². The van der Waals surface area contributed by atoms with Crippen LogP contribution in [0.2, 0.25) is 10.0 Å². The summed E-state index contributed by atoms with van der Waals surface area (Å²) < 4.78 is 5.54. The van der Waals surface area contributed by atoms with Crippen molar-refractivity contribution < 1.29 is 14.3 Å². The van der Waals surface area contributed by atoms with E-state index in [9.17, 15) is 9.59 Å². The first-order valence-electron chi connectivity index (χ1n) is 7.62. The Bertz CT molecular complexity index is 753.